The maximum atomic E-state index is 2.44. The highest BCUT2D eigenvalue weighted by molar-refractivity contribution is 7.25. The lowest BCUT2D eigenvalue weighted by Crippen LogP contribution is -2.11. The third-order valence-electron chi connectivity index (χ3n) is 11.3. The van der Waals surface area contributed by atoms with Gasteiger partial charge in [-0.1, -0.05) is 158 Å². The van der Waals surface area contributed by atoms with E-state index in [1.165, 1.54) is 85.9 Å². The van der Waals surface area contributed by atoms with E-state index in [4.69, 9.17) is 0 Å². The summed E-state index contributed by atoms with van der Waals surface area (Å²) in [5.74, 6) is 0. The molecule has 1 heterocycles. The topological polar surface area (TPSA) is 3.24 Å². The van der Waals surface area contributed by atoms with Crippen molar-refractivity contribution in [2.75, 3.05) is 4.90 Å². The molecule has 10 aromatic carbocycles. The molecule has 0 saturated carbocycles. The third-order valence-corrected chi connectivity index (χ3v) is 12.4. The van der Waals surface area contributed by atoms with Gasteiger partial charge in [-0.2, -0.15) is 0 Å². The second-order valence-corrected chi connectivity index (χ2v) is 15.6. The number of nitrogens with zero attached hydrogens (tertiary/aromatic N) is 1. The summed E-state index contributed by atoms with van der Waals surface area (Å²) < 4.78 is 2.65. The summed E-state index contributed by atoms with van der Waals surface area (Å²) in [6, 6.07) is 77.8. The molecule has 0 radical (unpaired) electrons. The van der Waals surface area contributed by atoms with Crippen molar-refractivity contribution in [2.24, 2.45) is 0 Å². The summed E-state index contributed by atoms with van der Waals surface area (Å²) in [7, 11) is 0. The zero-order valence-corrected chi connectivity index (χ0v) is 31.4. The molecule has 0 aliphatic rings. The first kappa shape index (κ1) is 32.4. The first-order valence-electron chi connectivity index (χ1n) is 19.2. The van der Waals surface area contributed by atoms with Gasteiger partial charge in [0.05, 0.1) is 5.69 Å². The summed E-state index contributed by atoms with van der Waals surface area (Å²) in [5.41, 5.74) is 10.5. The molecule has 0 unspecified atom stereocenters. The molecule has 0 fully saturated rings. The highest BCUT2D eigenvalue weighted by Gasteiger charge is 2.20. The molecule has 0 aliphatic carbocycles. The molecule has 1 nitrogen and oxygen atoms in total. The minimum atomic E-state index is 1.10. The molecule has 0 saturated heterocycles. The van der Waals surface area contributed by atoms with E-state index in [0.717, 1.165) is 17.1 Å². The van der Waals surface area contributed by atoms with Crippen LogP contribution in [0, 0.1) is 0 Å². The number of hydrogen-bond donors (Lipinski definition) is 0. The average Bonchev–Trinajstić information content (AvgIpc) is 3.66. The maximum absolute atomic E-state index is 2.44. The Morgan fingerprint density at radius 1 is 0.268 bits per heavy atom. The fourth-order valence-corrected chi connectivity index (χ4v) is 9.65. The van der Waals surface area contributed by atoms with Crippen LogP contribution in [0.4, 0.5) is 17.1 Å². The minimum Gasteiger partial charge on any atom is -0.310 e. The van der Waals surface area contributed by atoms with Crippen molar-refractivity contribution in [3.05, 3.63) is 212 Å². The Balaban J connectivity index is 1.13. The molecule has 0 bridgehead atoms. The lowest BCUT2D eigenvalue weighted by molar-refractivity contribution is 1.29. The van der Waals surface area contributed by atoms with Gasteiger partial charge in [-0.3, -0.25) is 0 Å². The summed E-state index contributed by atoms with van der Waals surface area (Å²) in [6.45, 7) is 0. The number of fused-ring (bicyclic) bond motifs is 9. The van der Waals surface area contributed by atoms with Crippen molar-refractivity contribution in [3.8, 4) is 33.4 Å². The molecular weight excluding hydrogens is 695 g/mol. The van der Waals surface area contributed by atoms with Crippen LogP contribution in [-0.4, -0.2) is 0 Å². The molecule has 1 aromatic heterocycles. The number of anilines is 3. The lowest BCUT2D eigenvalue weighted by Gasteiger charge is -2.29. The van der Waals surface area contributed by atoms with Crippen LogP contribution in [-0.2, 0) is 0 Å². The first-order valence-corrected chi connectivity index (χ1v) is 20.0. The van der Waals surface area contributed by atoms with Crippen molar-refractivity contribution >= 4 is 80.9 Å². The molecule has 262 valence electrons. The number of hydrogen-bond acceptors (Lipinski definition) is 2. The van der Waals surface area contributed by atoms with E-state index in [2.05, 4.69) is 217 Å². The molecular formula is C54H35NS. The van der Waals surface area contributed by atoms with Crippen LogP contribution in [0.15, 0.2) is 212 Å². The zero-order valence-electron chi connectivity index (χ0n) is 30.6. The number of benzene rings is 10. The Kier molecular flexibility index (Phi) is 7.75. The smallest absolute Gasteiger partial charge is 0.0540 e. The van der Waals surface area contributed by atoms with E-state index in [9.17, 15) is 0 Å². The van der Waals surface area contributed by atoms with Crippen LogP contribution in [0.5, 0.6) is 0 Å². The van der Waals surface area contributed by atoms with Gasteiger partial charge in [-0.25, -0.2) is 0 Å². The molecule has 56 heavy (non-hydrogen) atoms. The Bertz CT molecular complexity index is 3200. The lowest BCUT2D eigenvalue weighted by atomic mass is 9.93. The number of rotatable bonds is 6. The fraction of sp³-hybridized carbons (Fsp3) is 0. The Labute approximate surface area is 330 Å². The summed E-state index contributed by atoms with van der Waals surface area (Å²) >= 11 is 1.86. The second kappa shape index (κ2) is 13.4. The van der Waals surface area contributed by atoms with Crippen molar-refractivity contribution < 1.29 is 0 Å². The molecule has 2 heteroatoms. The molecule has 0 N–H and O–H groups in total. The van der Waals surface area contributed by atoms with E-state index in [0.29, 0.717) is 0 Å². The van der Waals surface area contributed by atoms with Crippen molar-refractivity contribution in [2.45, 2.75) is 0 Å². The predicted octanol–water partition coefficient (Wildman–Crippen LogP) is 16.0. The summed E-state index contributed by atoms with van der Waals surface area (Å²) in [6.07, 6.45) is 0. The Hall–Kier alpha value is -7.00. The van der Waals surface area contributed by atoms with Gasteiger partial charge in [0.2, 0.25) is 0 Å². The van der Waals surface area contributed by atoms with E-state index < -0.39 is 0 Å². The van der Waals surface area contributed by atoms with Gasteiger partial charge in [0.25, 0.3) is 0 Å². The maximum Gasteiger partial charge on any atom is 0.0540 e. The van der Waals surface area contributed by atoms with Gasteiger partial charge in [0.15, 0.2) is 0 Å². The fourth-order valence-electron chi connectivity index (χ4n) is 8.56. The minimum absolute atomic E-state index is 1.10. The molecule has 11 rings (SSSR count). The van der Waals surface area contributed by atoms with Gasteiger partial charge in [0.1, 0.15) is 0 Å². The largest absolute Gasteiger partial charge is 0.310 e. The molecule has 0 amide bonds. The highest BCUT2D eigenvalue weighted by Crippen LogP contribution is 2.45. The van der Waals surface area contributed by atoms with Crippen molar-refractivity contribution in [1.29, 1.82) is 0 Å². The van der Waals surface area contributed by atoms with E-state index >= 15 is 0 Å². The van der Waals surface area contributed by atoms with Gasteiger partial charge < -0.3 is 4.90 Å². The van der Waals surface area contributed by atoms with Crippen molar-refractivity contribution in [1.82, 2.24) is 0 Å². The predicted molar refractivity (Wildman–Crippen MR) is 243 cm³/mol. The van der Waals surface area contributed by atoms with Crippen LogP contribution in [0.25, 0.3) is 85.9 Å². The van der Waals surface area contributed by atoms with Gasteiger partial charge in [0, 0.05) is 37.1 Å². The van der Waals surface area contributed by atoms with Gasteiger partial charge >= 0.3 is 0 Å². The average molecular weight is 730 g/mol. The third kappa shape index (κ3) is 5.46. The van der Waals surface area contributed by atoms with Crippen LogP contribution >= 0.6 is 11.3 Å². The van der Waals surface area contributed by atoms with E-state index in [1.54, 1.807) is 0 Å². The quantitative estimate of drug-likeness (QED) is 0.154. The van der Waals surface area contributed by atoms with Crippen LogP contribution in [0.1, 0.15) is 0 Å². The van der Waals surface area contributed by atoms with Gasteiger partial charge in [-0.05, 0) is 115 Å². The Morgan fingerprint density at radius 3 is 1.45 bits per heavy atom. The van der Waals surface area contributed by atoms with E-state index in [1.807, 2.05) is 11.3 Å². The monoisotopic (exact) mass is 729 g/mol. The molecule has 0 spiro atoms. The second-order valence-electron chi connectivity index (χ2n) is 14.5. The van der Waals surface area contributed by atoms with Crippen molar-refractivity contribution in [3.63, 3.8) is 0 Å². The normalized spacial score (nSPS) is 11.6. The van der Waals surface area contributed by atoms with Crippen LogP contribution in [0.2, 0.25) is 0 Å². The van der Waals surface area contributed by atoms with Gasteiger partial charge in [-0.15, -0.1) is 11.3 Å². The summed E-state index contributed by atoms with van der Waals surface area (Å²) in [5, 5.41) is 10.2. The first-order chi connectivity index (χ1) is 27.8. The Morgan fingerprint density at radius 2 is 0.750 bits per heavy atom. The van der Waals surface area contributed by atoms with Crippen LogP contribution < -0.4 is 4.90 Å². The molecule has 0 aliphatic heterocycles. The summed E-state index contributed by atoms with van der Waals surface area (Å²) in [4.78, 5) is 2.44. The zero-order chi connectivity index (χ0) is 37.0. The highest BCUT2D eigenvalue weighted by atomic mass is 32.1. The molecule has 11 aromatic rings. The van der Waals surface area contributed by atoms with Crippen LogP contribution in [0.3, 0.4) is 0 Å². The standard InChI is InChI=1S/C54H35NS/c1-3-13-36(14-4-1)39-25-31-52(49(33-39)38-15-5-2-6-16-38)55(42-29-30-47-45-19-8-7-17-43(45)44-18-9-10-20-46(44)50(47)35-42)41-27-23-37(24-28-41)40-26-32-54-51(34-40)48-21-11-12-22-53(48)56-54/h1-35H. The molecule has 0 atom stereocenters. The SMILES string of the molecule is c1ccc(-c2ccc(N(c3ccc(-c4ccc5sc6ccccc6c5c4)cc3)c3ccc4c5ccccc5c5ccccc5c4c3)c(-c3ccccc3)c2)cc1. The van der Waals surface area contributed by atoms with E-state index in [-0.39, 0.29) is 0 Å². The number of thiophene rings is 1.